The first-order valence-corrected chi connectivity index (χ1v) is 13.5. The molecule has 0 saturated heterocycles. The van der Waals surface area contributed by atoms with Crippen molar-refractivity contribution in [3.05, 3.63) is 29.3 Å². The molecular formula is C25H34N2O6S. The number of hydrogen-bond acceptors (Lipinski definition) is 6. The molecule has 0 heterocycles. The van der Waals surface area contributed by atoms with Crippen LogP contribution in [0, 0.1) is 37.0 Å². The van der Waals surface area contributed by atoms with Crippen LogP contribution in [0.3, 0.4) is 0 Å². The van der Waals surface area contributed by atoms with Gasteiger partial charge < -0.3 is 10.1 Å². The van der Waals surface area contributed by atoms with Gasteiger partial charge in [-0.25, -0.2) is 13.1 Å². The van der Waals surface area contributed by atoms with E-state index < -0.39 is 41.1 Å². The SMILES string of the molecule is Cc1ccc(S(=O)(=O)NCC(=O)NCC(=O)O[C@H](C)C(=O)C23CC4CC(CC(C4)C2)C3)cc1C. The minimum Gasteiger partial charge on any atom is -0.453 e. The zero-order valence-electron chi connectivity index (χ0n) is 20.1. The summed E-state index contributed by atoms with van der Waals surface area (Å²) in [7, 11) is -3.86. The van der Waals surface area contributed by atoms with E-state index in [0.29, 0.717) is 17.8 Å². The summed E-state index contributed by atoms with van der Waals surface area (Å²) in [5.41, 5.74) is 1.43. The average molecular weight is 491 g/mol. The first kappa shape index (κ1) is 24.9. The number of benzene rings is 1. The number of amides is 1. The molecule has 34 heavy (non-hydrogen) atoms. The zero-order chi connectivity index (χ0) is 24.7. The molecule has 1 atom stereocenters. The molecule has 0 aromatic heterocycles. The van der Waals surface area contributed by atoms with Crippen LogP contribution in [0.25, 0.3) is 0 Å². The summed E-state index contributed by atoms with van der Waals surface area (Å²) in [6.45, 7) is 4.36. The molecule has 4 fully saturated rings. The van der Waals surface area contributed by atoms with Crippen molar-refractivity contribution in [1.82, 2.24) is 10.0 Å². The summed E-state index contributed by atoms with van der Waals surface area (Å²) in [6.07, 6.45) is 5.51. The van der Waals surface area contributed by atoms with E-state index >= 15 is 0 Å². The highest BCUT2D eigenvalue weighted by Crippen LogP contribution is 2.60. The number of hydrogen-bond donors (Lipinski definition) is 2. The van der Waals surface area contributed by atoms with Gasteiger partial charge in [0.25, 0.3) is 0 Å². The molecule has 0 spiro atoms. The van der Waals surface area contributed by atoms with Crippen LogP contribution in [0.15, 0.2) is 23.1 Å². The largest absolute Gasteiger partial charge is 0.453 e. The Labute approximate surface area is 201 Å². The molecule has 1 aromatic rings. The van der Waals surface area contributed by atoms with Crippen molar-refractivity contribution < 1.29 is 27.5 Å². The van der Waals surface area contributed by atoms with Crippen molar-refractivity contribution in [2.75, 3.05) is 13.1 Å². The molecule has 0 unspecified atom stereocenters. The number of carbonyl (C=O) groups is 3. The van der Waals surface area contributed by atoms with Gasteiger partial charge in [-0.3, -0.25) is 14.4 Å². The summed E-state index contributed by atoms with van der Waals surface area (Å²) >= 11 is 0. The Hall–Kier alpha value is -2.26. The Bertz CT molecular complexity index is 1060. The number of aryl methyl sites for hydroxylation is 2. The maximum absolute atomic E-state index is 13.2. The molecule has 0 aliphatic heterocycles. The summed E-state index contributed by atoms with van der Waals surface area (Å²) in [5, 5.41) is 2.35. The van der Waals surface area contributed by atoms with Crippen molar-refractivity contribution in [3.63, 3.8) is 0 Å². The van der Waals surface area contributed by atoms with E-state index in [0.717, 1.165) is 30.4 Å². The number of nitrogens with one attached hydrogen (secondary N) is 2. The minimum absolute atomic E-state index is 0.00688. The summed E-state index contributed by atoms with van der Waals surface area (Å²) in [6, 6.07) is 4.71. The Morgan fingerprint density at radius 1 is 1.00 bits per heavy atom. The van der Waals surface area contributed by atoms with E-state index in [2.05, 4.69) is 10.0 Å². The van der Waals surface area contributed by atoms with Gasteiger partial charge in [0.2, 0.25) is 15.9 Å². The third-order valence-electron chi connectivity index (χ3n) is 7.88. The van der Waals surface area contributed by atoms with Gasteiger partial charge in [0.05, 0.1) is 11.4 Å². The lowest BCUT2D eigenvalue weighted by molar-refractivity contribution is -0.164. The zero-order valence-corrected chi connectivity index (χ0v) is 20.9. The fourth-order valence-corrected chi connectivity index (χ4v) is 7.56. The van der Waals surface area contributed by atoms with Gasteiger partial charge in [0.1, 0.15) is 6.54 Å². The number of ether oxygens (including phenoxy) is 1. The highest BCUT2D eigenvalue weighted by molar-refractivity contribution is 7.89. The van der Waals surface area contributed by atoms with Crippen LogP contribution in [0.1, 0.15) is 56.6 Å². The summed E-state index contributed by atoms with van der Waals surface area (Å²) in [4.78, 5) is 37.6. The van der Waals surface area contributed by atoms with E-state index in [4.69, 9.17) is 4.74 Å². The number of esters is 1. The van der Waals surface area contributed by atoms with Crippen LogP contribution < -0.4 is 10.0 Å². The quantitative estimate of drug-likeness (QED) is 0.513. The van der Waals surface area contributed by atoms with Crippen LogP contribution in [-0.2, 0) is 29.1 Å². The van der Waals surface area contributed by atoms with Gasteiger partial charge in [-0.2, -0.15) is 0 Å². The minimum atomic E-state index is -3.86. The molecule has 186 valence electrons. The summed E-state index contributed by atoms with van der Waals surface area (Å²) in [5.74, 6) is 0.479. The fourth-order valence-electron chi connectivity index (χ4n) is 6.49. The van der Waals surface area contributed by atoms with Crippen molar-refractivity contribution >= 4 is 27.7 Å². The highest BCUT2D eigenvalue weighted by Gasteiger charge is 2.55. The Kier molecular flexibility index (Phi) is 6.88. The van der Waals surface area contributed by atoms with Crippen LogP contribution >= 0.6 is 0 Å². The van der Waals surface area contributed by atoms with Crippen LogP contribution in [0.2, 0.25) is 0 Å². The van der Waals surface area contributed by atoms with Crippen molar-refractivity contribution in [2.45, 2.75) is 70.3 Å². The molecule has 9 heteroatoms. The lowest BCUT2D eigenvalue weighted by Gasteiger charge is -2.56. The second-order valence-corrected chi connectivity index (χ2v) is 12.3. The lowest BCUT2D eigenvalue weighted by atomic mass is 9.48. The van der Waals surface area contributed by atoms with Gasteiger partial charge in [0, 0.05) is 5.41 Å². The highest BCUT2D eigenvalue weighted by atomic mass is 32.2. The lowest BCUT2D eigenvalue weighted by Crippen LogP contribution is -2.53. The third kappa shape index (κ3) is 5.20. The Morgan fingerprint density at radius 3 is 2.15 bits per heavy atom. The number of Topliss-reactive ketones (excluding diaryl/α,β-unsaturated/α-hetero) is 1. The van der Waals surface area contributed by atoms with Gasteiger partial charge in [-0.15, -0.1) is 0 Å². The molecule has 4 bridgehead atoms. The van der Waals surface area contributed by atoms with Crippen LogP contribution in [-0.4, -0.2) is 45.3 Å². The van der Waals surface area contributed by atoms with Gasteiger partial charge in [0.15, 0.2) is 11.9 Å². The molecule has 1 amide bonds. The molecule has 4 aliphatic rings. The average Bonchev–Trinajstić information content (AvgIpc) is 2.76. The standard InChI is InChI=1S/C25H34N2O6S/c1-15-4-5-21(6-16(15)2)34(31,32)27-13-22(28)26-14-23(29)33-17(3)24(30)25-10-18-7-19(11-25)9-20(8-18)12-25/h4-6,17-20,27H,7-14H2,1-3H3,(H,26,28)/t17-,18?,19?,20?,25?/m1/s1. The first-order valence-electron chi connectivity index (χ1n) is 12.0. The fraction of sp³-hybridized carbons (Fsp3) is 0.640. The van der Waals surface area contributed by atoms with Gasteiger partial charge in [-0.05, 0) is 100 Å². The second kappa shape index (κ2) is 9.41. The molecule has 5 rings (SSSR count). The molecule has 2 N–H and O–H groups in total. The number of rotatable bonds is 9. The maximum Gasteiger partial charge on any atom is 0.326 e. The summed E-state index contributed by atoms with van der Waals surface area (Å²) < 4.78 is 32.4. The monoisotopic (exact) mass is 490 g/mol. The predicted molar refractivity (Wildman–Crippen MR) is 125 cm³/mol. The Balaban J connectivity index is 1.23. The van der Waals surface area contributed by atoms with Gasteiger partial charge >= 0.3 is 5.97 Å². The van der Waals surface area contributed by atoms with Gasteiger partial charge in [-0.1, -0.05) is 6.07 Å². The topological polar surface area (TPSA) is 119 Å². The number of ketones is 1. The number of sulfonamides is 1. The normalized spacial score (nSPS) is 28.4. The van der Waals surface area contributed by atoms with E-state index in [1.807, 2.05) is 13.8 Å². The van der Waals surface area contributed by atoms with Crippen LogP contribution in [0.5, 0.6) is 0 Å². The first-order chi connectivity index (χ1) is 16.0. The van der Waals surface area contributed by atoms with E-state index in [-0.39, 0.29) is 16.1 Å². The molecule has 0 radical (unpaired) electrons. The van der Waals surface area contributed by atoms with Crippen LogP contribution in [0.4, 0.5) is 0 Å². The molecule has 8 nitrogen and oxygen atoms in total. The predicted octanol–water partition coefficient (Wildman–Crippen LogP) is 2.42. The second-order valence-electron chi connectivity index (χ2n) is 10.5. The molecular weight excluding hydrogens is 456 g/mol. The molecule has 4 saturated carbocycles. The number of carbonyl (C=O) groups excluding carboxylic acids is 3. The van der Waals surface area contributed by atoms with Crippen molar-refractivity contribution in [2.24, 2.45) is 23.2 Å². The van der Waals surface area contributed by atoms with Crippen molar-refractivity contribution in [3.8, 4) is 0 Å². The molecule has 4 aliphatic carbocycles. The van der Waals surface area contributed by atoms with Crippen molar-refractivity contribution in [1.29, 1.82) is 0 Å². The van der Waals surface area contributed by atoms with E-state index in [9.17, 15) is 22.8 Å². The van der Waals surface area contributed by atoms with E-state index in [1.165, 1.54) is 31.4 Å². The van der Waals surface area contributed by atoms with E-state index in [1.54, 1.807) is 13.0 Å². The molecule has 1 aromatic carbocycles. The smallest absolute Gasteiger partial charge is 0.326 e. The maximum atomic E-state index is 13.2. The Morgan fingerprint density at radius 2 is 1.59 bits per heavy atom. The third-order valence-corrected chi connectivity index (χ3v) is 9.28.